The quantitative estimate of drug-likeness (QED) is 0.417. The molecule has 7 nitrogen and oxygen atoms in total. The summed E-state index contributed by atoms with van der Waals surface area (Å²) in [7, 11) is 0. The number of hydrogen-bond donors (Lipinski definition) is 2. The van der Waals surface area contributed by atoms with Gasteiger partial charge < -0.3 is 15.9 Å². The van der Waals surface area contributed by atoms with E-state index in [0.717, 1.165) is 5.75 Å². The highest BCUT2D eigenvalue weighted by atomic mass is 35.5. The molecule has 3 rings (SSSR count). The van der Waals surface area contributed by atoms with Gasteiger partial charge in [0.05, 0.1) is 16.5 Å². The van der Waals surface area contributed by atoms with E-state index in [4.69, 9.17) is 22.2 Å². The van der Waals surface area contributed by atoms with Gasteiger partial charge in [-0.2, -0.15) is 0 Å². The van der Waals surface area contributed by atoms with Gasteiger partial charge in [-0.15, -0.1) is 10.2 Å². The Kier molecular flexibility index (Phi) is 6.89. The van der Waals surface area contributed by atoms with E-state index in [-0.39, 0.29) is 23.7 Å². The predicted molar refractivity (Wildman–Crippen MR) is 120 cm³/mol. The van der Waals surface area contributed by atoms with Crippen LogP contribution in [0.25, 0.3) is 0 Å². The molecule has 0 aliphatic carbocycles. The third-order valence-corrected chi connectivity index (χ3v) is 5.58. The first-order chi connectivity index (χ1) is 14.2. The molecule has 0 aliphatic heterocycles. The summed E-state index contributed by atoms with van der Waals surface area (Å²) >= 11 is 7.23. The van der Waals surface area contributed by atoms with Gasteiger partial charge in [-0.05, 0) is 35.2 Å². The van der Waals surface area contributed by atoms with Gasteiger partial charge >= 0.3 is 0 Å². The van der Waals surface area contributed by atoms with Crippen LogP contribution in [0.2, 0.25) is 5.02 Å². The van der Waals surface area contributed by atoms with Gasteiger partial charge in [0.15, 0.2) is 5.82 Å². The minimum Gasteiger partial charge on any atom is -0.486 e. The molecule has 1 aromatic heterocycles. The van der Waals surface area contributed by atoms with Crippen molar-refractivity contribution in [1.82, 2.24) is 14.9 Å². The van der Waals surface area contributed by atoms with E-state index in [0.29, 0.717) is 21.7 Å². The molecule has 30 heavy (non-hydrogen) atoms. The number of nitrogen functional groups attached to an aromatic ring is 1. The molecule has 3 N–H and O–H groups in total. The molecule has 0 unspecified atom stereocenters. The number of rotatable bonds is 7. The summed E-state index contributed by atoms with van der Waals surface area (Å²) in [6, 6.07) is 15.0. The van der Waals surface area contributed by atoms with E-state index in [1.54, 1.807) is 24.3 Å². The molecule has 1 heterocycles. The first kappa shape index (κ1) is 22.0. The highest BCUT2D eigenvalue weighted by molar-refractivity contribution is 7.99. The van der Waals surface area contributed by atoms with E-state index in [1.807, 2.05) is 24.3 Å². The van der Waals surface area contributed by atoms with E-state index >= 15 is 0 Å². The summed E-state index contributed by atoms with van der Waals surface area (Å²) in [5, 5.41) is 11.7. The summed E-state index contributed by atoms with van der Waals surface area (Å²) in [6.45, 7) is 6.65. The van der Waals surface area contributed by atoms with Crippen molar-refractivity contribution in [2.45, 2.75) is 37.9 Å². The Balaban J connectivity index is 1.53. The van der Waals surface area contributed by atoms with Crippen LogP contribution in [0.1, 0.15) is 32.2 Å². The fraction of sp³-hybridized carbons (Fsp3) is 0.286. The van der Waals surface area contributed by atoms with Gasteiger partial charge in [0.1, 0.15) is 12.4 Å². The van der Waals surface area contributed by atoms with Crippen LogP contribution < -0.4 is 15.9 Å². The zero-order chi connectivity index (χ0) is 21.7. The molecular formula is C21H24ClN5O2S. The average molecular weight is 446 g/mol. The molecule has 2 aromatic carbocycles. The lowest BCUT2D eigenvalue weighted by atomic mass is 9.87. The Labute approximate surface area is 184 Å². The Morgan fingerprint density at radius 1 is 1.17 bits per heavy atom. The van der Waals surface area contributed by atoms with Gasteiger partial charge in [-0.3, -0.25) is 4.79 Å². The number of amides is 1. The van der Waals surface area contributed by atoms with Crippen molar-refractivity contribution in [1.29, 1.82) is 0 Å². The lowest BCUT2D eigenvalue weighted by molar-refractivity contribution is -0.113. The van der Waals surface area contributed by atoms with Crippen LogP contribution in [0.15, 0.2) is 53.7 Å². The Morgan fingerprint density at radius 3 is 2.53 bits per heavy atom. The normalized spacial score (nSPS) is 11.3. The second kappa shape index (κ2) is 9.40. The predicted octanol–water partition coefficient (Wildman–Crippen LogP) is 4.25. The Hall–Kier alpha value is -2.71. The van der Waals surface area contributed by atoms with Crippen LogP contribution in [0.5, 0.6) is 5.75 Å². The molecule has 0 bridgehead atoms. The monoisotopic (exact) mass is 445 g/mol. The lowest BCUT2D eigenvalue weighted by Crippen LogP contribution is -2.18. The maximum absolute atomic E-state index is 12.2. The smallest absolute Gasteiger partial charge is 0.234 e. The van der Waals surface area contributed by atoms with E-state index < -0.39 is 0 Å². The van der Waals surface area contributed by atoms with Gasteiger partial charge in [0.2, 0.25) is 11.1 Å². The minimum atomic E-state index is -0.215. The number of halogens is 1. The summed E-state index contributed by atoms with van der Waals surface area (Å²) in [6.07, 6.45) is 0. The largest absolute Gasteiger partial charge is 0.486 e. The lowest BCUT2D eigenvalue weighted by Gasteiger charge is -2.19. The van der Waals surface area contributed by atoms with Crippen molar-refractivity contribution in [3.63, 3.8) is 0 Å². The van der Waals surface area contributed by atoms with Crippen molar-refractivity contribution in [2.24, 2.45) is 0 Å². The summed E-state index contributed by atoms with van der Waals surface area (Å²) in [5.74, 6) is 7.14. The van der Waals surface area contributed by atoms with Gasteiger partial charge in [0, 0.05) is 0 Å². The maximum atomic E-state index is 12.2. The second-order valence-electron chi connectivity index (χ2n) is 7.65. The fourth-order valence-corrected chi connectivity index (χ4v) is 3.44. The molecule has 0 saturated heterocycles. The van der Waals surface area contributed by atoms with Gasteiger partial charge in [-0.1, -0.05) is 68.4 Å². The Morgan fingerprint density at radius 2 is 1.87 bits per heavy atom. The van der Waals surface area contributed by atoms with E-state index in [1.165, 1.54) is 22.0 Å². The summed E-state index contributed by atoms with van der Waals surface area (Å²) < 4.78 is 7.10. The minimum absolute atomic E-state index is 0.0836. The zero-order valence-electron chi connectivity index (χ0n) is 17.1. The molecule has 0 saturated carbocycles. The number of carbonyl (C=O) groups excluding carboxylic acids is 1. The van der Waals surface area contributed by atoms with Gasteiger partial charge in [0.25, 0.3) is 0 Å². The van der Waals surface area contributed by atoms with Crippen molar-refractivity contribution in [2.75, 3.05) is 16.9 Å². The molecule has 1 amide bonds. The van der Waals surface area contributed by atoms with Crippen molar-refractivity contribution < 1.29 is 9.53 Å². The number of nitrogens with zero attached hydrogens (tertiary/aromatic N) is 3. The van der Waals surface area contributed by atoms with Crippen molar-refractivity contribution in [3.8, 4) is 5.75 Å². The van der Waals surface area contributed by atoms with Crippen LogP contribution in [0.4, 0.5) is 5.69 Å². The van der Waals surface area contributed by atoms with Crippen LogP contribution in [-0.2, 0) is 16.8 Å². The highest BCUT2D eigenvalue weighted by Gasteiger charge is 2.15. The topological polar surface area (TPSA) is 95.1 Å². The maximum Gasteiger partial charge on any atom is 0.234 e. The fourth-order valence-electron chi connectivity index (χ4n) is 2.58. The molecule has 3 aromatic rings. The number of nitrogens with one attached hydrogen (secondary N) is 1. The van der Waals surface area contributed by atoms with E-state index in [2.05, 4.69) is 36.3 Å². The summed E-state index contributed by atoms with van der Waals surface area (Å²) in [4.78, 5) is 12.2. The first-order valence-electron chi connectivity index (χ1n) is 9.34. The zero-order valence-corrected chi connectivity index (χ0v) is 18.6. The van der Waals surface area contributed by atoms with Crippen LogP contribution in [0.3, 0.4) is 0 Å². The number of aromatic nitrogens is 3. The average Bonchev–Trinajstić information content (AvgIpc) is 3.06. The molecule has 9 heteroatoms. The molecule has 0 atom stereocenters. The standard InChI is InChI=1S/C21H24ClN5O2S/c1-21(2,3)14-8-10-15(11-9-14)29-12-18-25-26-20(27(18)23)30-13-19(28)24-17-7-5-4-6-16(17)22/h4-11H,12-13,23H2,1-3H3,(H,24,28). The number of ether oxygens (including phenoxy) is 1. The number of para-hydroxylation sites is 1. The number of anilines is 1. The summed E-state index contributed by atoms with van der Waals surface area (Å²) in [5.41, 5.74) is 1.87. The molecule has 0 spiro atoms. The van der Waals surface area contributed by atoms with Crippen molar-refractivity contribution in [3.05, 3.63) is 64.9 Å². The van der Waals surface area contributed by atoms with E-state index in [9.17, 15) is 4.79 Å². The number of carbonyl (C=O) groups is 1. The molecular weight excluding hydrogens is 422 g/mol. The molecule has 0 aliphatic rings. The SMILES string of the molecule is CC(C)(C)c1ccc(OCc2nnc(SCC(=O)Nc3ccccc3Cl)n2N)cc1. The molecule has 158 valence electrons. The molecule has 0 fully saturated rings. The number of hydrogen-bond acceptors (Lipinski definition) is 6. The number of thioether (sulfide) groups is 1. The number of nitrogens with two attached hydrogens (primary N) is 1. The van der Waals surface area contributed by atoms with Gasteiger partial charge in [-0.25, -0.2) is 4.68 Å². The second-order valence-corrected chi connectivity index (χ2v) is 9.00. The molecule has 0 radical (unpaired) electrons. The third kappa shape index (κ3) is 5.67. The van der Waals surface area contributed by atoms with Crippen LogP contribution in [-0.4, -0.2) is 26.5 Å². The van der Waals surface area contributed by atoms with Crippen molar-refractivity contribution >= 4 is 35.0 Å². The highest BCUT2D eigenvalue weighted by Crippen LogP contribution is 2.25. The van der Waals surface area contributed by atoms with Crippen LogP contribution >= 0.6 is 23.4 Å². The third-order valence-electron chi connectivity index (χ3n) is 4.30. The Bertz CT molecular complexity index is 1010. The number of benzene rings is 2. The van der Waals surface area contributed by atoms with Crippen LogP contribution in [0, 0.1) is 0 Å². The first-order valence-corrected chi connectivity index (χ1v) is 10.7.